The average Bonchev–Trinajstić information content (AvgIpc) is 2.80. The summed E-state index contributed by atoms with van der Waals surface area (Å²) in [6.07, 6.45) is 2.49. The first kappa shape index (κ1) is 14.0. The molecular weight excluding hydrogens is 308 g/mol. The monoisotopic (exact) mass is 318 g/mol. The first-order valence-corrected chi connectivity index (χ1v) is 9.27. The molecule has 1 N–H and O–H groups in total. The number of thiazole rings is 1. The summed E-state index contributed by atoms with van der Waals surface area (Å²) < 4.78 is 49.2. The Bertz CT molecular complexity index is 780. The molecule has 0 unspecified atom stereocenters. The minimum absolute atomic E-state index is 0.0467. The van der Waals surface area contributed by atoms with E-state index in [0.717, 1.165) is 23.7 Å². The highest BCUT2D eigenvalue weighted by molar-refractivity contribution is 7.93. The van der Waals surface area contributed by atoms with Crippen LogP contribution in [0.15, 0.2) is 45.6 Å². The Labute approximate surface area is 115 Å². The molecule has 1 aromatic carbocycles. The summed E-state index contributed by atoms with van der Waals surface area (Å²) in [5, 5.41) is 1.86. The van der Waals surface area contributed by atoms with Crippen LogP contribution in [0.1, 0.15) is 0 Å². The summed E-state index contributed by atoms with van der Waals surface area (Å²) in [5.41, 5.74) is 0. The minimum Gasteiger partial charge on any atom is -0.255 e. The maximum Gasteiger partial charge on any atom is 0.263 e. The lowest BCUT2D eigenvalue weighted by atomic mass is 10.4. The highest BCUT2D eigenvalue weighted by atomic mass is 32.2. The Morgan fingerprint density at radius 1 is 1.16 bits per heavy atom. The van der Waals surface area contributed by atoms with Crippen molar-refractivity contribution in [1.82, 2.24) is 4.98 Å². The molecule has 2 aromatic rings. The van der Waals surface area contributed by atoms with E-state index in [0.29, 0.717) is 0 Å². The zero-order valence-corrected chi connectivity index (χ0v) is 12.2. The second-order valence-electron chi connectivity index (χ2n) is 3.69. The quantitative estimate of drug-likeness (QED) is 0.918. The van der Waals surface area contributed by atoms with Crippen LogP contribution in [-0.4, -0.2) is 28.1 Å². The standard InChI is InChI=1S/C10H10N2O4S3/c1-18(13,14)8-3-2-4-9(7-8)19(15,16)12-10-11-5-6-17-10/h2-7H,1H3,(H,11,12). The van der Waals surface area contributed by atoms with Gasteiger partial charge in [-0.2, -0.15) is 0 Å². The van der Waals surface area contributed by atoms with Gasteiger partial charge in [-0.25, -0.2) is 21.8 Å². The molecule has 9 heteroatoms. The number of rotatable bonds is 4. The van der Waals surface area contributed by atoms with Crippen molar-refractivity contribution in [1.29, 1.82) is 0 Å². The van der Waals surface area contributed by atoms with Gasteiger partial charge >= 0.3 is 0 Å². The normalized spacial score (nSPS) is 12.3. The Hall–Kier alpha value is -1.45. The summed E-state index contributed by atoms with van der Waals surface area (Å²) in [4.78, 5) is 3.64. The molecule has 0 radical (unpaired) electrons. The third-order valence-corrected chi connectivity index (χ3v) is 5.46. The Kier molecular flexibility index (Phi) is 3.61. The van der Waals surface area contributed by atoms with Gasteiger partial charge in [-0.05, 0) is 18.2 Å². The van der Waals surface area contributed by atoms with Gasteiger partial charge < -0.3 is 0 Å². The summed E-state index contributed by atoms with van der Waals surface area (Å²) in [5.74, 6) is 0. The Balaban J connectivity index is 2.41. The van der Waals surface area contributed by atoms with Crippen LogP contribution in [-0.2, 0) is 19.9 Å². The largest absolute Gasteiger partial charge is 0.263 e. The van der Waals surface area contributed by atoms with Gasteiger partial charge in [-0.15, -0.1) is 11.3 Å². The van der Waals surface area contributed by atoms with Gasteiger partial charge in [-0.3, -0.25) is 4.72 Å². The fourth-order valence-electron chi connectivity index (χ4n) is 1.32. The molecule has 2 rings (SSSR count). The molecular formula is C10H10N2O4S3. The van der Waals surface area contributed by atoms with E-state index >= 15 is 0 Å². The molecule has 1 heterocycles. The summed E-state index contributed by atoms with van der Waals surface area (Å²) in [6, 6.07) is 5.17. The molecule has 6 nitrogen and oxygen atoms in total. The third kappa shape index (κ3) is 3.31. The SMILES string of the molecule is CS(=O)(=O)c1cccc(S(=O)(=O)Nc2nccs2)c1. The van der Waals surface area contributed by atoms with E-state index in [9.17, 15) is 16.8 Å². The Morgan fingerprint density at radius 3 is 2.42 bits per heavy atom. The molecule has 0 bridgehead atoms. The Morgan fingerprint density at radius 2 is 1.84 bits per heavy atom. The van der Waals surface area contributed by atoms with Crippen molar-refractivity contribution in [2.75, 3.05) is 11.0 Å². The molecule has 0 fully saturated rings. The molecule has 102 valence electrons. The smallest absolute Gasteiger partial charge is 0.255 e. The number of benzene rings is 1. The topological polar surface area (TPSA) is 93.2 Å². The molecule has 0 aliphatic rings. The number of hydrogen-bond donors (Lipinski definition) is 1. The zero-order chi connectivity index (χ0) is 14.1. The summed E-state index contributed by atoms with van der Waals surface area (Å²) in [6.45, 7) is 0. The van der Waals surface area contributed by atoms with Crippen molar-refractivity contribution in [2.45, 2.75) is 9.79 Å². The maximum atomic E-state index is 12.0. The number of hydrogen-bond acceptors (Lipinski definition) is 6. The summed E-state index contributed by atoms with van der Waals surface area (Å²) >= 11 is 1.13. The van der Waals surface area contributed by atoms with Gasteiger partial charge in [0.2, 0.25) is 0 Å². The lowest BCUT2D eigenvalue weighted by Gasteiger charge is -2.06. The fourth-order valence-corrected chi connectivity index (χ4v) is 3.90. The van der Waals surface area contributed by atoms with Gasteiger partial charge in [-0.1, -0.05) is 6.07 Å². The van der Waals surface area contributed by atoms with Crippen LogP contribution in [0.4, 0.5) is 5.13 Å². The molecule has 1 aromatic heterocycles. The highest BCUT2D eigenvalue weighted by Crippen LogP contribution is 2.20. The van der Waals surface area contributed by atoms with E-state index in [2.05, 4.69) is 9.71 Å². The molecule has 19 heavy (non-hydrogen) atoms. The zero-order valence-electron chi connectivity index (χ0n) is 9.77. The lowest BCUT2D eigenvalue weighted by Crippen LogP contribution is -2.13. The first-order chi connectivity index (χ1) is 8.79. The van der Waals surface area contributed by atoms with Crippen molar-refractivity contribution < 1.29 is 16.8 Å². The van der Waals surface area contributed by atoms with Crippen molar-refractivity contribution in [2.24, 2.45) is 0 Å². The number of anilines is 1. The van der Waals surface area contributed by atoms with Crippen molar-refractivity contribution in [3.05, 3.63) is 35.8 Å². The van der Waals surface area contributed by atoms with Crippen LogP contribution < -0.4 is 4.72 Å². The van der Waals surface area contributed by atoms with Crippen LogP contribution >= 0.6 is 11.3 Å². The van der Waals surface area contributed by atoms with Crippen molar-refractivity contribution in [3.8, 4) is 0 Å². The van der Waals surface area contributed by atoms with Crippen molar-refractivity contribution in [3.63, 3.8) is 0 Å². The number of aromatic nitrogens is 1. The van der Waals surface area contributed by atoms with Crippen LogP contribution in [0.25, 0.3) is 0 Å². The van der Waals surface area contributed by atoms with Gasteiger partial charge in [0.25, 0.3) is 10.0 Å². The molecule has 0 amide bonds. The first-order valence-electron chi connectivity index (χ1n) is 5.01. The predicted octanol–water partition coefficient (Wildman–Crippen LogP) is 1.35. The molecule has 0 atom stereocenters. The van der Waals surface area contributed by atoms with Crippen LogP contribution in [0.5, 0.6) is 0 Å². The van der Waals surface area contributed by atoms with E-state index < -0.39 is 19.9 Å². The van der Waals surface area contributed by atoms with E-state index in [1.165, 1.54) is 24.4 Å². The van der Waals surface area contributed by atoms with E-state index in [1.807, 2.05) is 0 Å². The predicted molar refractivity (Wildman–Crippen MR) is 72.5 cm³/mol. The number of sulfone groups is 1. The van der Waals surface area contributed by atoms with E-state index in [-0.39, 0.29) is 14.9 Å². The molecule has 0 saturated heterocycles. The van der Waals surface area contributed by atoms with Gasteiger partial charge in [0.1, 0.15) is 0 Å². The molecule has 0 aliphatic heterocycles. The highest BCUT2D eigenvalue weighted by Gasteiger charge is 2.18. The minimum atomic E-state index is -3.83. The molecule has 0 spiro atoms. The molecule has 0 aliphatic carbocycles. The third-order valence-electron chi connectivity index (χ3n) is 2.20. The maximum absolute atomic E-state index is 12.0. The van der Waals surface area contributed by atoms with Gasteiger partial charge in [0.05, 0.1) is 9.79 Å². The number of sulfonamides is 1. The van der Waals surface area contributed by atoms with Crippen molar-refractivity contribution >= 4 is 36.3 Å². The van der Waals surface area contributed by atoms with E-state index in [1.54, 1.807) is 5.38 Å². The number of nitrogens with zero attached hydrogens (tertiary/aromatic N) is 1. The van der Waals surface area contributed by atoms with Gasteiger partial charge in [0.15, 0.2) is 15.0 Å². The second-order valence-corrected chi connectivity index (χ2v) is 8.28. The average molecular weight is 318 g/mol. The molecule has 0 saturated carbocycles. The van der Waals surface area contributed by atoms with Gasteiger partial charge in [0, 0.05) is 17.8 Å². The van der Waals surface area contributed by atoms with Crippen LogP contribution in [0, 0.1) is 0 Å². The lowest BCUT2D eigenvalue weighted by molar-refractivity contribution is 0.599. The fraction of sp³-hybridized carbons (Fsp3) is 0.100. The van der Waals surface area contributed by atoms with Crippen LogP contribution in [0.3, 0.4) is 0 Å². The summed E-state index contributed by atoms with van der Waals surface area (Å²) in [7, 11) is -7.29. The second kappa shape index (κ2) is 4.91. The number of nitrogens with one attached hydrogen (secondary N) is 1. The van der Waals surface area contributed by atoms with Crippen LogP contribution in [0.2, 0.25) is 0 Å². The van der Waals surface area contributed by atoms with E-state index in [4.69, 9.17) is 0 Å².